The molecule has 1 N–H and O–H groups in total. The summed E-state index contributed by atoms with van der Waals surface area (Å²) in [5, 5.41) is 11.8. The molecule has 1 heterocycles. The molecule has 0 saturated carbocycles. The summed E-state index contributed by atoms with van der Waals surface area (Å²) in [4.78, 5) is 28.0. The second-order valence-corrected chi connectivity index (χ2v) is 8.46. The highest BCUT2D eigenvalue weighted by atomic mass is 35.5. The van der Waals surface area contributed by atoms with Gasteiger partial charge in [-0.05, 0) is 67.4 Å². The Hall–Kier alpha value is -3.77. The Morgan fingerprint density at radius 1 is 0.943 bits per heavy atom. The molecule has 1 aliphatic heterocycles. The number of carbonyl (C=O) groups is 2. The summed E-state index contributed by atoms with van der Waals surface area (Å²) in [6.45, 7) is 4.92. The van der Waals surface area contributed by atoms with E-state index in [9.17, 15) is 14.7 Å². The molecule has 0 spiro atoms. The van der Waals surface area contributed by atoms with Gasteiger partial charge in [-0.1, -0.05) is 42.8 Å². The van der Waals surface area contributed by atoms with Gasteiger partial charge in [-0.25, -0.2) is 0 Å². The van der Waals surface area contributed by atoms with Crippen LogP contribution in [0.4, 0.5) is 5.69 Å². The fourth-order valence-corrected chi connectivity index (χ4v) is 4.16. The van der Waals surface area contributed by atoms with Crippen LogP contribution in [0.1, 0.15) is 37.4 Å². The first-order valence-corrected chi connectivity index (χ1v) is 11.8. The molecule has 1 saturated heterocycles. The van der Waals surface area contributed by atoms with Crippen LogP contribution < -0.4 is 14.4 Å². The third-order valence-corrected chi connectivity index (χ3v) is 5.89. The van der Waals surface area contributed by atoms with Gasteiger partial charge in [0.2, 0.25) is 0 Å². The van der Waals surface area contributed by atoms with Gasteiger partial charge in [0, 0.05) is 16.3 Å². The first kappa shape index (κ1) is 24.4. The van der Waals surface area contributed by atoms with Crippen LogP contribution >= 0.6 is 11.6 Å². The van der Waals surface area contributed by atoms with Gasteiger partial charge in [0.1, 0.15) is 17.3 Å². The van der Waals surface area contributed by atoms with Crippen molar-refractivity contribution < 1.29 is 24.2 Å². The normalized spacial score (nSPS) is 17.0. The van der Waals surface area contributed by atoms with E-state index in [0.29, 0.717) is 46.5 Å². The number of carbonyl (C=O) groups excluding carboxylic acids is 2. The number of nitrogens with zero attached hydrogens (tertiary/aromatic N) is 1. The predicted octanol–water partition coefficient (Wildman–Crippen LogP) is 6.15. The summed E-state index contributed by atoms with van der Waals surface area (Å²) in [5.74, 6) is -0.539. The number of aliphatic hydroxyl groups is 1. The first-order valence-electron chi connectivity index (χ1n) is 11.5. The fourth-order valence-electron chi connectivity index (χ4n) is 4.04. The number of amides is 1. The van der Waals surface area contributed by atoms with Crippen molar-refractivity contribution in [3.8, 4) is 11.5 Å². The Morgan fingerprint density at radius 3 is 2.31 bits per heavy atom. The maximum Gasteiger partial charge on any atom is 0.300 e. The molecule has 0 radical (unpaired) electrons. The molecule has 4 rings (SSSR count). The summed E-state index contributed by atoms with van der Waals surface area (Å²) >= 11 is 6.09. The Balaban J connectivity index is 1.84. The zero-order valence-corrected chi connectivity index (χ0v) is 20.3. The monoisotopic (exact) mass is 491 g/mol. The maximum atomic E-state index is 13.3. The Morgan fingerprint density at radius 2 is 1.66 bits per heavy atom. The topological polar surface area (TPSA) is 76.1 Å². The van der Waals surface area contributed by atoms with Gasteiger partial charge in [0.25, 0.3) is 11.7 Å². The van der Waals surface area contributed by atoms with Gasteiger partial charge in [0.15, 0.2) is 0 Å². The number of rotatable bonds is 8. The molecule has 0 aromatic heterocycles. The lowest BCUT2D eigenvalue weighted by Crippen LogP contribution is -2.29. The zero-order valence-electron chi connectivity index (χ0n) is 19.5. The van der Waals surface area contributed by atoms with Crippen molar-refractivity contribution in [2.75, 3.05) is 18.1 Å². The smallest absolute Gasteiger partial charge is 0.300 e. The highest BCUT2D eigenvalue weighted by Gasteiger charge is 2.47. The molecule has 1 amide bonds. The Labute approximate surface area is 209 Å². The van der Waals surface area contributed by atoms with Crippen LogP contribution in [0.25, 0.3) is 5.76 Å². The molecule has 3 aromatic rings. The number of halogens is 1. The van der Waals surface area contributed by atoms with E-state index in [1.165, 1.54) is 4.90 Å². The number of hydrogen-bond acceptors (Lipinski definition) is 5. The first-order chi connectivity index (χ1) is 16.9. The third-order valence-electron chi connectivity index (χ3n) is 5.64. The van der Waals surface area contributed by atoms with Crippen molar-refractivity contribution in [3.63, 3.8) is 0 Å². The molecule has 1 unspecified atom stereocenters. The van der Waals surface area contributed by atoms with E-state index < -0.39 is 17.7 Å². The number of ether oxygens (including phenoxy) is 2. The summed E-state index contributed by atoms with van der Waals surface area (Å²) < 4.78 is 11.2. The Kier molecular flexibility index (Phi) is 7.42. The number of ketones is 1. The minimum absolute atomic E-state index is 0.00107. The van der Waals surface area contributed by atoms with Crippen molar-refractivity contribution in [2.45, 2.75) is 26.3 Å². The summed E-state index contributed by atoms with van der Waals surface area (Å²) in [5.41, 5.74) is 1.54. The second-order valence-electron chi connectivity index (χ2n) is 8.02. The van der Waals surface area contributed by atoms with Crippen LogP contribution in [0, 0.1) is 0 Å². The van der Waals surface area contributed by atoms with E-state index in [-0.39, 0.29) is 11.3 Å². The molecule has 3 aromatic carbocycles. The molecule has 7 heteroatoms. The fraction of sp³-hybridized carbons (Fsp3) is 0.214. The van der Waals surface area contributed by atoms with E-state index in [0.717, 1.165) is 6.42 Å². The van der Waals surface area contributed by atoms with Crippen molar-refractivity contribution in [2.24, 2.45) is 0 Å². The van der Waals surface area contributed by atoms with Gasteiger partial charge in [-0.3, -0.25) is 14.5 Å². The van der Waals surface area contributed by atoms with Gasteiger partial charge >= 0.3 is 0 Å². The summed E-state index contributed by atoms with van der Waals surface area (Å²) in [7, 11) is 0. The largest absolute Gasteiger partial charge is 0.507 e. The minimum atomic E-state index is -0.842. The van der Waals surface area contributed by atoms with E-state index in [4.69, 9.17) is 21.1 Å². The average Bonchev–Trinajstić information content (AvgIpc) is 3.14. The lowest BCUT2D eigenvalue weighted by Gasteiger charge is -2.25. The van der Waals surface area contributed by atoms with E-state index in [1.54, 1.807) is 72.8 Å². The van der Waals surface area contributed by atoms with Crippen molar-refractivity contribution in [1.29, 1.82) is 0 Å². The van der Waals surface area contributed by atoms with Crippen LogP contribution in [0.5, 0.6) is 11.5 Å². The SMILES string of the molecule is CCCOc1cccc(/C(O)=C2/C(=O)C(=O)N(c3ccc(OCC)cc3)C2c2ccc(Cl)cc2)c1. The maximum absolute atomic E-state index is 13.3. The van der Waals surface area contributed by atoms with Crippen LogP contribution in [-0.2, 0) is 9.59 Å². The zero-order chi connectivity index (χ0) is 24.9. The highest BCUT2D eigenvalue weighted by molar-refractivity contribution is 6.51. The van der Waals surface area contributed by atoms with Crippen LogP contribution in [-0.4, -0.2) is 30.0 Å². The van der Waals surface area contributed by atoms with Crippen molar-refractivity contribution in [1.82, 2.24) is 0 Å². The quantitative estimate of drug-likeness (QED) is 0.232. The lowest BCUT2D eigenvalue weighted by atomic mass is 9.95. The predicted molar refractivity (Wildman–Crippen MR) is 136 cm³/mol. The summed E-state index contributed by atoms with van der Waals surface area (Å²) in [6.07, 6.45) is 0.833. The number of aliphatic hydroxyl groups excluding tert-OH is 1. The van der Waals surface area contributed by atoms with E-state index in [2.05, 4.69) is 0 Å². The van der Waals surface area contributed by atoms with Gasteiger partial charge in [-0.15, -0.1) is 0 Å². The molecule has 1 aliphatic rings. The van der Waals surface area contributed by atoms with Crippen molar-refractivity contribution in [3.05, 3.63) is 94.5 Å². The molecule has 1 atom stereocenters. The standard InChI is InChI=1S/C28H26ClNO5/c1-3-16-35-23-7-5-6-19(17-23)26(31)24-25(18-8-10-20(29)11-9-18)30(28(33)27(24)32)21-12-14-22(15-13-21)34-4-2/h5-15,17,25,31H,3-4,16H2,1-2H3/b26-24-. The highest BCUT2D eigenvalue weighted by Crippen LogP contribution is 2.42. The van der Waals surface area contributed by atoms with Gasteiger partial charge in [-0.2, -0.15) is 0 Å². The average molecular weight is 492 g/mol. The summed E-state index contributed by atoms with van der Waals surface area (Å²) in [6, 6.07) is 19.8. The molecule has 0 aliphatic carbocycles. The number of anilines is 1. The molecular formula is C28H26ClNO5. The molecule has 0 bridgehead atoms. The second kappa shape index (κ2) is 10.7. The number of Topliss-reactive ketones (excluding diaryl/α,β-unsaturated/α-hetero) is 1. The van der Waals surface area contributed by atoms with Crippen molar-refractivity contribution >= 4 is 34.7 Å². The van der Waals surface area contributed by atoms with Crippen LogP contribution in [0.3, 0.4) is 0 Å². The lowest BCUT2D eigenvalue weighted by molar-refractivity contribution is -0.132. The van der Waals surface area contributed by atoms with E-state index in [1.807, 2.05) is 13.8 Å². The molecule has 180 valence electrons. The van der Waals surface area contributed by atoms with Crippen LogP contribution in [0.15, 0.2) is 78.4 Å². The molecule has 35 heavy (non-hydrogen) atoms. The van der Waals surface area contributed by atoms with Gasteiger partial charge < -0.3 is 14.6 Å². The van der Waals surface area contributed by atoms with E-state index >= 15 is 0 Å². The van der Waals surface area contributed by atoms with Gasteiger partial charge in [0.05, 0.1) is 24.8 Å². The minimum Gasteiger partial charge on any atom is -0.507 e. The Bertz CT molecular complexity index is 1250. The number of benzene rings is 3. The molecule has 1 fully saturated rings. The number of hydrogen-bond donors (Lipinski definition) is 1. The molecule has 6 nitrogen and oxygen atoms in total. The molecular weight excluding hydrogens is 466 g/mol. The third kappa shape index (κ3) is 5.03. The van der Waals surface area contributed by atoms with Crippen LogP contribution in [0.2, 0.25) is 5.02 Å².